The van der Waals surface area contributed by atoms with Crippen molar-refractivity contribution in [2.45, 2.75) is 45.4 Å². The van der Waals surface area contributed by atoms with Gasteiger partial charge in [-0.25, -0.2) is 4.98 Å². The van der Waals surface area contributed by atoms with Crippen LogP contribution in [0.3, 0.4) is 0 Å². The molecule has 1 aliphatic rings. The number of nitrogens with one attached hydrogen (secondary N) is 1. The van der Waals surface area contributed by atoms with Gasteiger partial charge in [0.05, 0.1) is 11.9 Å². The molecule has 17 heavy (non-hydrogen) atoms. The van der Waals surface area contributed by atoms with Gasteiger partial charge in [-0.1, -0.05) is 32.1 Å². The Hall–Kier alpha value is -0.570. The minimum Gasteiger partial charge on any atom is -0.384 e. The van der Waals surface area contributed by atoms with Crippen LogP contribution in [0, 0.1) is 12.8 Å². The van der Waals surface area contributed by atoms with E-state index >= 15 is 0 Å². The molecule has 0 bridgehead atoms. The number of nitrogens with zero attached hydrogens (tertiary/aromatic N) is 1. The van der Waals surface area contributed by atoms with E-state index in [0.29, 0.717) is 0 Å². The summed E-state index contributed by atoms with van der Waals surface area (Å²) in [5.41, 5.74) is 2.33. The van der Waals surface area contributed by atoms with E-state index in [-0.39, 0.29) is 0 Å². The average Bonchev–Trinajstić information content (AvgIpc) is 2.35. The lowest BCUT2D eigenvalue weighted by molar-refractivity contribution is 0.345. The van der Waals surface area contributed by atoms with Crippen molar-refractivity contribution in [3.05, 3.63) is 22.4 Å². The second-order valence-electron chi connectivity index (χ2n) is 5.05. The predicted molar refractivity (Wildman–Crippen MR) is 76.4 cm³/mol. The lowest BCUT2D eigenvalue weighted by Crippen LogP contribution is -2.12. The summed E-state index contributed by atoms with van der Waals surface area (Å²) in [5, 5.41) is 3.48. The molecule has 0 amide bonds. The van der Waals surface area contributed by atoms with Gasteiger partial charge in [-0.3, -0.25) is 0 Å². The summed E-state index contributed by atoms with van der Waals surface area (Å²) in [4.78, 5) is 4.30. The molecule has 0 atom stereocenters. The first-order valence-electron chi connectivity index (χ1n) is 6.62. The molecule has 0 aliphatic heterocycles. The number of aromatic nitrogens is 1. The highest BCUT2D eigenvalue weighted by Gasteiger charge is 2.12. The average molecular weight is 297 g/mol. The predicted octanol–water partition coefficient (Wildman–Crippen LogP) is 4.53. The Kier molecular flexibility index (Phi) is 4.84. The van der Waals surface area contributed by atoms with Gasteiger partial charge in [-0.15, -0.1) is 0 Å². The van der Waals surface area contributed by atoms with Gasteiger partial charge < -0.3 is 5.32 Å². The van der Waals surface area contributed by atoms with Gasteiger partial charge in [0.25, 0.3) is 0 Å². The Morgan fingerprint density at radius 1 is 1.35 bits per heavy atom. The van der Waals surface area contributed by atoms with Crippen molar-refractivity contribution in [2.75, 3.05) is 11.9 Å². The quantitative estimate of drug-likeness (QED) is 0.826. The first kappa shape index (κ1) is 12.9. The molecule has 2 nitrogen and oxygen atoms in total. The van der Waals surface area contributed by atoms with Crippen LogP contribution in [0.1, 0.15) is 44.1 Å². The molecule has 94 valence electrons. The molecule has 1 heterocycles. The standard InChI is InChI=1S/C14H21BrN2/c1-11-9-13(10-17-14(11)15)16-8-7-12-5-3-2-4-6-12/h9-10,12,16H,2-8H2,1H3. The van der Waals surface area contributed by atoms with Gasteiger partial charge >= 0.3 is 0 Å². The molecule has 3 heteroatoms. The topological polar surface area (TPSA) is 24.9 Å². The second-order valence-corrected chi connectivity index (χ2v) is 5.80. The zero-order valence-corrected chi connectivity index (χ0v) is 12.1. The fourth-order valence-electron chi connectivity index (χ4n) is 2.55. The molecule has 2 rings (SSSR count). The van der Waals surface area contributed by atoms with Crippen LogP contribution in [0.5, 0.6) is 0 Å². The minimum absolute atomic E-state index is 0.940. The molecule has 1 saturated carbocycles. The molecule has 1 aromatic rings. The van der Waals surface area contributed by atoms with Crippen LogP contribution in [0.25, 0.3) is 0 Å². The number of hydrogen-bond acceptors (Lipinski definition) is 2. The Morgan fingerprint density at radius 2 is 2.12 bits per heavy atom. The lowest BCUT2D eigenvalue weighted by Gasteiger charge is -2.21. The third-order valence-corrected chi connectivity index (χ3v) is 4.45. The maximum absolute atomic E-state index is 4.30. The van der Waals surface area contributed by atoms with Gasteiger partial charge in [0.2, 0.25) is 0 Å². The summed E-state index contributed by atoms with van der Waals surface area (Å²) in [6.45, 7) is 3.15. The molecule has 1 aromatic heterocycles. The third-order valence-electron chi connectivity index (χ3n) is 3.62. The van der Waals surface area contributed by atoms with Crippen molar-refractivity contribution in [1.82, 2.24) is 4.98 Å². The van der Waals surface area contributed by atoms with Crippen molar-refractivity contribution in [3.63, 3.8) is 0 Å². The van der Waals surface area contributed by atoms with E-state index in [1.165, 1.54) is 44.1 Å². The Bertz CT molecular complexity index is 359. The van der Waals surface area contributed by atoms with Crippen molar-refractivity contribution in [1.29, 1.82) is 0 Å². The van der Waals surface area contributed by atoms with Crippen LogP contribution in [-0.4, -0.2) is 11.5 Å². The fraction of sp³-hybridized carbons (Fsp3) is 0.643. The van der Waals surface area contributed by atoms with Crippen molar-refractivity contribution in [2.24, 2.45) is 5.92 Å². The summed E-state index contributed by atoms with van der Waals surface area (Å²) >= 11 is 3.42. The summed E-state index contributed by atoms with van der Waals surface area (Å²) in [6.07, 6.45) is 10.4. The van der Waals surface area contributed by atoms with Gasteiger partial charge in [-0.05, 0) is 46.8 Å². The smallest absolute Gasteiger partial charge is 0.109 e. The number of anilines is 1. The van der Waals surface area contributed by atoms with E-state index in [2.05, 4.69) is 39.2 Å². The van der Waals surface area contributed by atoms with Crippen LogP contribution >= 0.6 is 15.9 Å². The van der Waals surface area contributed by atoms with Crippen molar-refractivity contribution >= 4 is 21.6 Å². The molecule has 0 unspecified atom stereocenters. The van der Waals surface area contributed by atoms with Crippen LogP contribution in [0.4, 0.5) is 5.69 Å². The maximum Gasteiger partial charge on any atom is 0.109 e. The highest BCUT2D eigenvalue weighted by atomic mass is 79.9. The van der Waals surface area contributed by atoms with E-state index in [1.54, 1.807) is 0 Å². The van der Waals surface area contributed by atoms with Crippen LogP contribution < -0.4 is 5.32 Å². The lowest BCUT2D eigenvalue weighted by atomic mass is 9.87. The van der Waals surface area contributed by atoms with Crippen LogP contribution in [0.15, 0.2) is 16.9 Å². The first-order valence-corrected chi connectivity index (χ1v) is 7.41. The largest absolute Gasteiger partial charge is 0.384 e. The molecule has 1 fully saturated rings. The van der Waals surface area contributed by atoms with E-state index < -0.39 is 0 Å². The van der Waals surface area contributed by atoms with Gasteiger partial charge in [0.1, 0.15) is 4.60 Å². The van der Waals surface area contributed by atoms with Crippen molar-refractivity contribution in [3.8, 4) is 0 Å². The number of halogens is 1. The van der Waals surface area contributed by atoms with Gasteiger partial charge in [-0.2, -0.15) is 0 Å². The summed E-state index contributed by atoms with van der Waals surface area (Å²) in [6, 6.07) is 2.15. The summed E-state index contributed by atoms with van der Waals surface area (Å²) in [5.74, 6) is 0.945. The molecule has 0 saturated heterocycles. The number of aryl methyl sites for hydroxylation is 1. The highest BCUT2D eigenvalue weighted by Crippen LogP contribution is 2.26. The number of pyridine rings is 1. The number of hydrogen-bond donors (Lipinski definition) is 1. The summed E-state index contributed by atoms with van der Waals surface area (Å²) in [7, 11) is 0. The van der Waals surface area contributed by atoms with Crippen LogP contribution in [0.2, 0.25) is 0 Å². The van der Waals surface area contributed by atoms with Crippen LogP contribution in [-0.2, 0) is 0 Å². The van der Waals surface area contributed by atoms with E-state index in [4.69, 9.17) is 0 Å². The molecule has 1 N–H and O–H groups in total. The molecule has 0 spiro atoms. The summed E-state index contributed by atoms with van der Waals surface area (Å²) < 4.78 is 0.940. The maximum atomic E-state index is 4.30. The molecule has 0 radical (unpaired) electrons. The zero-order chi connectivity index (χ0) is 12.1. The van der Waals surface area contributed by atoms with E-state index in [1.807, 2.05) is 6.20 Å². The molecular weight excluding hydrogens is 276 g/mol. The molecule has 1 aliphatic carbocycles. The van der Waals surface area contributed by atoms with E-state index in [9.17, 15) is 0 Å². The Balaban J connectivity index is 1.75. The second kappa shape index (κ2) is 6.39. The van der Waals surface area contributed by atoms with Gasteiger partial charge in [0, 0.05) is 6.54 Å². The monoisotopic (exact) mass is 296 g/mol. The highest BCUT2D eigenvalue weighted by molar-refractivity contribution is 9.10. The van der Waals surface area contributed by atoms with Gasteiger partial charge in [0.15, 0.2) is 0 Å². The van der Waals surface area contributed by atoms with Crippen molar-refractivity contribution < 1.29 is 0 Å². The molecular formula is C14H21BrN2. The normalized spacial score (nSPS) is 17.1. The number of rotatable bonds is 4. The first-order chi connectivity index (χ1) is 8.25. The molecule has 0 aromatic carbocycles. The fourth-order valence-corrected chi connectivity index (χ4v) is 2.77. The van der Waals surface area contributed by atoms with E-state index in [0.717, 1.165) is 22.8 Å². The Morgan fingerprint density at radius 3 is 2.82 bits per heavy atom. The zero-order valence-electron chi connectivity index (χ0n) is 10.5. The third kappa shape index (κ3) is 3.98. The minimum atomic E-state index is 0.940. The Labute approximate surface area is 112 Å². The SMILES string of the molecule is Cc1cc(NCCC2CCCCC2)cnc1Br.